The van der Waals surface area contributed by atoms with E-state index in [0.29, 0.717) is 10.0 Å². The second kappa shape index (κ2) is 6.08. The number of hydrogen-bond acceptors (Lipinski definition) is 4. The van der Waals surface area contributed by atoms with Crippen molar-refractivity contribution in [2.24, 2.45) is 0 Å². The van der Waals surface area contributed by atoms with E-state index in [1.165, 1.54) is 11.3 Å². The third-order valence-electron chi connectivity index (χ3n) is 1.96. The van der Waals surface area contributed by atoms with Crippen molar-refractivity contribution in [3.05, 3.63) is 10.0 Å². The van der Waals surface area contributed by atoms with Gasteiger partial charge in [0.05, 0.1) is 0 Å². The highest BCUT2D eigenvalue weighted by molar-refractivity contribution is 7.17. The quantitative estimate of drug-likeness (QED) is 0.723. The highest BCUT2D eigenvalue weighted by Gasteiger charge is 2.13. The molecule has 0 aliphatic carbocycles. The van der Waals surface area contributed by atoms with Crippen LogP contribution in [0.4, 0.5) is 5.13 Å². The third-order valence-corrected chi connectivity index (χ3v) is 3.40. The number of halogens is 1. The van der Waals surface area contributed by atoms with E-state index in [9.17, 15) is 4.79 Å². The maximum Gasteiger partial charge on any atom is 0.187 e. The summed E-state index contributed by atoms with van der Waals surface area (Å²) in [5.74, 6) is 0. The van der Waals surface area contributed by atoms with Gasteiger partial charge in [0.2, 0.25) is 0 Å². The number of carbonyl (C=O) groups excluding carboxylic acids is 1. The van der Waals surface area contributed by atoms with Crippen molar-refractivity contribution in [2.45, 2.75) is 26.7 Å². The van der Waals surface area contributed by atoms with Gasteiger partial charge in [0.25, 0.3) is 0 Å². The van der Waals surface area contributed by atoms with Crippen LogP contribution in [0.1, 0.15) is 36.4 Å². The summed E-state index contributed by atoms with van der Waals surface area (Å²) in [7, 11) is 0. The second-order valence-electron chi connectivity index (χ2n) is 3.26. The van der Waals surface area contributed by atoms with Gasteiger partial charge in [0.1, 0.15) is 4.88 Å². The van der Waals surface area contributed by atoms with E-state index in [1.807, 2.05) is 0 Å². The van der Waals surface area contributed by atoms with Gasteiger partial charge >= 0.3 is 0 Å². The lowest BCUT2D eigenvalue weighted by Crippen LogP contribution is -2.24. The lowest BCUT2D eigenvalue weighted by molar-refractivity contribution is 0.112. The maximum atomic E-state index is 10.6. The molecule has 1 aromatic rings. The number of aldehydes is 1. The normalized spacial score (nSPS) is 10.3. The molecule has 0 aliphatic rings. The zero-order valence-corrected chi connectivity index (χ0v) is 10.6. The van der Waals surface area contributed by atoms with Crippen molar-refractivity contribution in [1.82, 2.24) is 4.98 Å². The van der Waals surface area contributed by atoms with Gasteiger partial charge in [-0.2, -0.15) is 0 Å². The number of anilines is 1. The Morgan fingerprint density at radius 2 is 2.00 bits per heavy atom. The first-order valence-corrected chi connectivity index (χ1v) is 6.28. The molecule has 0 amide bonds. The van der Waals surface area contributed by atoms with Gasteiger partial charge in [-0.25, -0.2) is 4.98 Å². The predicted molar refractivity (Wildman–Crippen MR) is 65.3 cm³/mol. The Kier molecular flexibility index (Phi) is 5.05. The van der Waals surface area contributed by atoms with Crippen molar-refractivity contribution in [3.63, 3.8) is 0 Å². The molecule has 0 atom stereocenters. The maximum absolute atomic E-state index is 10.6. The number of hydrogen-bond donors (Lipinski definition) is 0. The number of aromatic nitrogens is 1. The topological polar surface area (TPSA) is 33.2 Å². The van der Waals surface area contributed by atoms with E-state index in [1.54, 1.807) is 0 Å². The summed E-state index contributed by atoms with van der Waals surface area (Å²) in [6, 6.07) is 0. The molecule has 0 aliphatic heterocycles. The Morgan fingerprint density at radius 3 is 2.40 bits per heavy atom. The second-order valence-corrected chi connectivity index (χ2v) is 4.62. The molecule has 0 bridgehead atoms. The molecule has 1 rings (SSSR count). The molecule has 0 unspecified atom stereocenters. The summed E-state index contributed by atoms with van der Waals surface area (Å²) in [5.41, 5.74) is 0. The number of rotatable bonds is 6. The number of carbonyl (C=O) groups is 1. The van der Waals surface area contributed by atoms with E-state index in [-0.39, 0.29) is 0 Å². The van der Waals surface area contributed by atoms with Crippen molar-refractivity contribution < 1.29 is 4.79 Å². The van der Waals surface area contributed by atoms with Gasteiger partial charge in [-0.3, -0.25) is 4.79 Å². The standard InChI is InChI=1S/C10H15ClN2OS/c1-3-5-13(6-4-2)10-12-9(11)8(7-14)15-10/h7H,3-6H2,1-2H3. The minimum absolute atomic E-state index is 0.321. The first kappa shape index (κ1) is 12.5. The Labute approximate surface area is 99.1 Å². The van der Waals surface area contributed by atoms with Crippen LogP contribution in [0.2, 0.25) is 5.15 Å². The van der Waals surface area contributed by atoms with E-state index in [0.717, 1.165) is 37.3 Å². The Hall–Kier alpha value is -0.610. The van der Waals surface area contributed by atoms with Crippen LogP contribution in [-0.4, -0.2) is 24.4 Å². The molecule has 1 aromatic heterocycles. The van der Waals surface area contributed by atoms with Crippen molar-refractivity contribution in [3.8, 4) is 0 Å². The van der Waals surface area contributed by atoms with E-state index in [2.05, 4.69) is 23.7 Å². The zero-order valence-electron chi connectivity index (χ0n) is 8.99. The summed E-state index contributed by atoms with van der Waals surface area (Å²) in [4.78, 5) is 17.5. The van der Waals surface area contributed by atoms with Gasteiger partial charge in [-0.15, -0.1) is 0 Å². The highest BCUT2D eigenvalue weighted by Crippen LogP contribution is 2.28. The van der Waals surface area contributed by atoms with Crippen molar-refractivity contribution in [2.75, 3.05) is 18.0 Å². The van der Waals surface area contributed by atoms with Gasteiger partial charge < -0.3 is 4.90 Å². The molecule has 0 fully saturated rings. The van der Waals surface area contributed by atoms with Crippen molar-refractivity contribution in [1.29, 1.82) is 0 Å². The van der Waals surface area contributed by atoms with Crippen LogP contribution in [0.3, 0.4) is 0 Å². The first-order valence-electron chi connectivity index (χ1n) is 5.09. The minimum Gasteiger partial charge on any atom is -0.348 e. The molecular weight excluding hydrogens is 232 g/mol. The van der Waals surface area contributed by atoms with Crippen LogP contribution in [-0.2, 0) is 0 Å². The van der Waals surface area contributed by atoms with E-state index < -0.39 is 0 Å². The molecule has 84 valence electrons. The lowest BCUT2D eigenvalue weighted by Gasteiger charge is -2.19. The molecule has 15 heavy (non-hydrogen) atoms. The van der Waals surface area contributed by atoms with Crippen LogP contribution >= 0.6 is 22.9 Å². The van der Waals surface area contributed by atoms with E-state index >= 15 is 0 Å². The molecule has 0 saturated heterocycles. The monoisotopic (exact) mass is 246 g/mol. The van der Waals surface area contributed by atoms with Crippen LogP contribution in [0.15, 0.2) is 0 Å². The molecule has 5 heteroatoms. The molecule has 0 radical (unpaired) electrons. The summed E-state index contributed by atoms with van der Waals surface area (Å²) in [6.07, 6.45) is 2.89. The summed E-state index contributed by atoms with van der Waals surface area (Å²) in [5, 5.41) is 1.17. The minimum atomic E-state index is 0.321. The zero-order chi connectivity index (χ0) is 11.3. The Morgan fingerprint density at radius 1 is 1.40 bits per heavy atom. The average Bonchev–Trinajstić information content (AvgIpc) is 2.59. The lowest BCUT2D eigenvalue weighted by atomic mass is 10.4. The van der Waals surface area contributed by atoms with Gasteiger partial charge in [-0.1, -0.05) is 36.8 Å². The third kappa shape index (κ3) is 3.18. The molecule has 1 heterocycles. The smallest absolute Gasteiger partial charge is 0.187 e. The van der Waals surface area contributed by atoms with Crippen LogP contribution in [0.5, 0.6) is 0 Å². The summed E-state index contributed by atoms with van der Waals surface area (Å²) in [6.45, 7) is 6.16. The fourth-order valence-electron chi connectivity index (χ4n) is 1.35. The van der Waals surface area contributed by atoms with Crippen LogP contribution in [0.25, 0.3) is 0 Å². The van der Waals surface area contributed by atoms with Crippen LogP contribution < -0.4 is 4.90 Å². The number of nitrogens with zero attached hydrogens (tertiary/aromatic N) is 2. The average molecular weight is 247 g/mol. The predicted octanol–water partition coefficient (Wildman–Crippen LogP) is 3.24. The van der Waals surface area contributed by atoms with Gasteiger partial charge in [-0.05, 0) is 12.8 Å². The molecule has 0 N–H and O–H groups in total. The van der Waals surface area contributed by atoms with Crippen molar-refractivity contribution >= 4 is 34.4 Å². The Balaban J connectivity index is 2.84. The molecule has 0 spiro atoms. The highest BCUT2D eigenvalue weighted by atomic mass is 35.5. The SMILES string of the molecule is CCCN(CCC)c1nc(Cl)c(C=O)s1. The van der Waals surface area contributed by atoms with Gasteiger partial charge in [0.15, 0.2) is 16.6 Å². The molecular formula is C10H15ClN2OS. The fourth-order valence-corrected chi connectivity index (χ4v) is 2.47. The molecule has 0 saturated carbocycles. The fraction of sp³-hybridized carbons (Fsp3) is 0.600. The molecule has 3 nitrogen and oxygen atoms in total. The first-order chi connectivity index (χ1) is 7.22. The van der Waals surface area contributed by atoms with E-state index in [4.69, 9.17) is 11.6 Å². The Bertz CT molecular complexity index is 321. The van der Waals surface area contributed by atoms with Crippen LogP contribution in [0, 0.1) is 0 Å². The summed E-state index contributed by atoms with van der Waals surface area (Å²) < 4.78 is 0. The summed E-state index contributed by atoms with van der Waals surface area (Å²) >= 11 is 7.19. The van der Waals surface area contributed by atoms with Gasteiger partial charge in [0, 0.05) is 13.1 Å². The number of thiazole rings is 1. The molecule has 0 aromatic carbocycles. The largest absolute Gasteiger partial charge is 0.348 e.